The van der Waals surface area contributed by atoms with Gasteiger partial charge in [0.05, 0.1) is 6.04 Å². The maximum atomic E-state index is 6.02. The van der Waals surface area contributed by atoms with Gasteiger partial charge in [0, 0.05) is 36.8 Å². The lowest BCUT2D eigenvalue weighted by Crippen LogP contribution is -2.52. The van der Waals surface area contributed by atoms with Crippen molar-refractivity contribution in [2.24, 2.45) is 0 Å². The number of fused-ring (bicyclic) bond motifs is 2. The Bertz CT molecular complexity index is 397. The summed E-state index contributed by atoms with van der Waals surface area (Å²) in [6.45, 7) is 4.87. The van der Waals surface area contributed by atoms with Crippen molar-refractivity contribution in [1.29, 1.82) is 0 Å². The van der Waals surface area contributed by atoms with Crippen LogP contribution in [0.2, 0.25) is 5.02 Å². The highest BCUT2D eigenvalue weighted by Gasteiger charge is 2.26. The molecule has 3 nitrogen and oxygen atoms in total. The summed E-state index contributed by atoms with van der Waals surface area (Å²) >= 11 is 6.02. The summed E-state index contributed by atoms with van der Waals surface area (Å²) in [6, 6.07) is 6.37. The van der Waals surface area contributed by atoms with Crippen LogP contribution in [0.3, 0.4) is 0 Å². The lowest BCUT2D eigenvalue weighted by Gasteiger charge is -2.33. The summed E-state index contributed by atoms with van der Waals surface area (Å²) in [6.07, 6.45) is 0. The van der Waals surface area contributed by atoms with E-state index in [9.17, 15) is 0 Å². The van der Waals surface area contributed by atoms with E-state index in [-0.39, 0.29) is 0 Å². The number of benzene rings is 1. The van der Waals surface area contributed by atoms with E-state index in [0.29, 0.717) is 6.04 Å². The Morgan fingerprint density at radius 2 is 2.38 bits per heavy atom. The van der Waals surface area contributed by atoms with Gasteiger partial charge in [0.1, 0.15) is 12.4 Å². The van der Waals surface area contributed by atoms with Gasteiger partial charge in [-0.15, -0.1) is 0 Å². The second-order valence-corrected chi connectivity index (χ2v) is 4.83. The van der Waals surface area contributed by atoms with Crippen LogP contribution in [-0.4, -0.2) is 37.2 Å². The molecular weight excluding hydrogens is 224 g/mol. The fourth-order valence-corrected chi connectivity index (χ4v) is 2.59. The predicted octanol–water partition coefficient (Wildman–Crippen LogP) is 1.51. The molecule has 0 amide bonds. The van der Waals surface area contributed by atoms with Gasteiger partial charge in [0.2, 0.25) is 0 Å². The van der Waals surface area contributed by atoms with Crippen molar-refractivity contribution in [3.05, 3.63) is 28.8 Å². The summed E-state index contributed by atoms with van der Waals surface area (Å²) in [4.78, 5) is 2.47. The van der Waals surface area contributed by atoms with Gasteiger partial charge in [-0.05, 0) is 18.2 Å². The summed E-state index contributed by atoms with van der Waals surface area (Å²) in [5, 5.41) is 4.19. The van der Waals surface area contributed by atoms with Crippen LogP contribution < -0.4 is 10.1 Å². The minimum absolute atomic E-state index is 0.486. The molecule has 1 fully saturated rings. The van der Waals surface area contributed by atoms with E-state index in [4.69, 9.17) is 16.3 Å². The Hall–Kier alpha value is -0.770. The Morgan fingerprint density at radius 1 is 1.44 bits per heavy atom. The van der Waals surface area contributed by atoms with Gasteiger partial charge in [-0.2, -0.15) is 0 Å². The molecule has 1 aromatic carbocycles. The summed E-state index contributed by atoms with van der Waals surface area (Å²) < 4.78 is 5.83. The first-order chi connectivity index (χ1) is 7.83. The Labute approximate surface area is 100 Å². The zero-order chi connectivity index (χ0) is 11.0. The Kier molecular flexibility index (Phi) is 2.75. The number of rotatable bonds is 0. The molecule has 0 radical (unpaired) electrons. The SMILES string of the molecule is Clc1ccc2c(c1)CN1CCNCC1CO2. The molecule has 3 rings (SSSR count). The number of ether oxygens (including phenoxy) is 1. The Morgan fingerprint density at radius 3 is 3.31 bits per heavy atom. The van der Waals surface area contributed by atoms with Crippen LogP contribution in [0.25, 0.3) is 0 Å². The zero-order valence-corrected chi connectivity index (χ0v) is 9.83. The molecule has 4 heteroatoms. The largest absolute Gasteiger partial charge is 0.492 e. The first kappa shape index (κ1) is 10.4. The smallest absolute Gasteiger partial charge is 0.123 e. The summed E-state index contributed by atoms with van der Waals surface area (Å²) in [7, 11) is 0. The molecule has 1 aromatic rings. The highest BCUT2D eigenvalue weighted by molar-refractivity contribution is 6.30. The normalized spacial score (nSPS) is 25.2. The van der Waals surface area contributed by atoms with E-state index in [1.165, 1.54) is 5.56 Å². The van der Waals surface area contributed by atoms with Gasteiger partial charge in [-0.1, -0.05) is 11.6 Å². The molecule has 1 unspecified atom stereocenters. The maximum Gasteiger partial charge on any atom is 0.123 e. The minimum Gasteiger partial charge on any atom is -0.492 e. The van der Waals surface area contributed by atoms with Crippen molar-refractivity contribution in [2.75, 3.05) is 26.2 Å². The molecule has 2 aliphatic heterocycles. The van der Waals surface area contributed by atoms with E-state index in [2.05, 4.69) is 10.2 Å². The average Bonchev–Trinajstić information content (AvgIpc) is 2.47. The van der Waals surface area contributed by atoms with E-state index in [0.717, 1.165) is 43.6 Å². The quantitative estimate of drug-likeness (QED) is 0.742. The van der Waals surface area contributed by atoms with Gasteiger partial charge >= 0.3 is 0 Å². The van der Waals surface area contributed by atoms with Crippen molar-refractivity contribution < 1.29 is 4.74 Å². The fourth-order valence-electron chi connectivity index (χ4n) is 2.39. The molecule has 2 aliphatic rings. The summed E-state index contributed by atoms with van der Waals surface area (Å²) in [5.74, 6) is 0.985. The zero-order valence-electron chi connectivity index (χ0n) is 9.08. The molecule has 16 heavy (non-hydrogen) atoms. The lowest BCUT2D eigenvalue weighted by molar-refractivity contribution is 0.120. The third kappa shape index (κ3) is 1.90. The van der Waals surface area contributed by atoms with Crippen LogP contribution in [0.1, 0.15) is 5.56 Å². The molecule has 0 bridgehead atoms. The van der Waals surface area contributed by atoms with Crippen molar-refractivity contribution >= 4 is 11.6 Å². The van der Waals surface area contributed by atoms with Crippen LogP contribution in [0, 0.1) is 0 Å². The topological polar surface area (TPSA) is 24.5 Å². The monoisotopic (exact) mass is 238 g/mol. The predicted molar refractivity (Wildman–Crippen MR) is 64.0 cm³/mol. The van der Waals surface area contributed by atoms with Crippen LogP contribution in [-0.2, 0) is 6.54 Å². The van der Waals surface area contributed by atoms with E-state index in [1.54, 1.807) is 0 Å². The van der Waals surface area contributed by atoms with Crippen molar-refractivity contribution in [1.82, 2.24) is 10.2 Å². The molecule has 86 valence electrons. The van der Waals surface area contributed by atoms with Crippen molar-refractivity contribution in [2.45, 2.75) is 12.6 Å². The van der Waals surface area contributed by atoms with Crippen LogP contribution in [0.4, 0.5) is 0 Å². The number of nitrogens with zero attached hydrogens (tertiary/aromatic N) is 1. The molecule has 1 N–H and O–H groups in total. The molecule has 0 aromatic heterocycles. The molecule has 0 saturated carbocycles. The van der Waals surface area contributed by atoms with Gasteiger partial charge in [0.15, 0.2) is 0 Å². The number of hydrogen-bond acceptors (Lipinski definition) is 3. The molecular formula is C12H15ClN2O. The highest BCUT2D eigenvalue weighted by atomic mass is 35.5. The number of halogens is 1. The first-order valence-electron chi connectivity index (χ1n) is 5.69. The van der Waals surface area contributed by atoms with Crippen molar-refractivity contribution in [3.8, 4) is 5.75 Å². The minimum atomic E-state index is 0.486. The number of piperazine rings is 1. The van der Waals surface area contributed by atoms with Crippen LogP contribution in [0.5, 0.6) is 5.75 Å². The van der Waals surface area contributed by atoms with E-state index in [1.807, 2.05) is 18.2 Å². The van der Waals surface area contributed by atoms with E-state index < -0.39 is 0 Å². The maximum absolute atomic E-state index is 6.02. The second kappa shape index (κ2) is 4.24. The van der Waals surface area contributed by atoms with Crippen LogP contribution in [0.15, 0.2) is 18.2 Å². The third-order valence-corrected chi connectivity index (χ3v) is 3.53. The van der Waals surface area contributed by atoms with Gasteiger partial charge in [-0.25, -0.2) is 0 Å². The highest BCUT2D eigenvalue weighted by Crippen LogP contribution is 2.28. The van der Waals surface area contributed by atoms with Gasteiger partial charge < -0.3 is 10.1 Å². The molecule has 0 spiro atoms. The average molecular weight is 239 g/mol. The molecule has 2 heterocycles. The molecule has 1 atom stereocenters. The lowest BCUT2D eigenvalue weighted by atomic mass is 10.1. The first-order valence-corrected chi connectivity index (χ1v) is 6.07. The Balaban J connectivity index is 1.90. The molecule has 1 saturated heterocycles. The standard InChI is InChI=1S/C12H15ClN2O/c13-10-1-2-12-9(5-10)7-15-4-3-14-6-11(15)8-16-12/h1-2,5,11,14H,3-4,6-8H2. The van der Waals surface area contributed by atoms with Gasteiger partial charge in [0.25, 0.3) is 0 Å². The van der Waals surface area contributed by atoms with Crippen LogP contribution >= 0.6 is 11.6 Å². The second-order valence-electron chi connectivity index (χ2n) is 4.39. The third-order valence-electron chi connectivity index (χ3n) is 3.30. The fraction of sp³-hybridized carbons (Fsp3) is 0.500. The number of hydrogen-bond donors (Lipinski definition) is 1. The van der Waals surface area contributed by atoms with E-state index >= 15 is 0 Å². The molecule has 0 aliphatic carbocycles. The number of nitrogens with one attached hydrogen (secondary N) is 1. The summed E-state index contributed by atoms with van der Waals surface area (Å²) in [5.41, 5.74) is 1.21. The van der Waals surface area contributed by atoms with Crippen molar-refractivity contribution in [3.63, 3.8) is 0 Å². The van der Waals surface area contributed by atoms with Gasteiger partial charge in [-0.3, -0.25) is 4.90 Å².